The summed E-state index contributed by atoms with van der Waals surface area (Å²) in [4.78, 5) is 24.4. The Bertz CT molecular complexity index is 502. The first-order chi connectivity index (χ1) is 9.54. The van der Waals surface area contributed by atoms with Crippen molar-refractivity contribution in [1.29, 1.82) is 0 Å². The van der Waals surface area contributed by atoms with Crippen LogP contribution in [-0.2, 0) is 9.59 Å². The maximum absolute atomic E-state index is 11.7. The first-order valence-corrected chi connectivity index (χ1v) is 7.45. The zero-order chi connectivity index (χ0) is 14.7. The summed E-state index contributed by atoms with van der Waals surface area (Å²) in [7, 11) is 0. The second-order valence-corrected chi connectivity index (χ2v) is 5.58. The second-order valence-electron chi connectivity index (χ2n) is 4.47. The smallest absolute Gasteiger partial charge is 0.327 e. The average Bonchev–Trinajstić information content (AvgIpc) is 2.85. The molecule has 1 aromatic rings. The van der Waals surface area contributed by atoms with Crippen molar-refractivity contribution in [3.05, 3.63) is 29.8 Å². The molecule has 6 heteroatoms. The van der Waals surface area contributed by atoms with E-state index < -0.39 is 12.0 Å². The van der Waals surface area contributed by atoms with E-state index in [0.29, 0.717) is 12.4 Å². The number of carbonyl (C=O) groups excluding carboxylic acids is 1. The molecule has 0 aromatic heterocycles. The van der Waals surface area contributed by atoms with E-state index in [9.17, 15) is 14.7 Å². The number of carboxylic acids is 1. The number of thioether (sulfide) groups is 1. The number of hydrogen-bond donors (Lipinski definition) is 1. The van der Waals surface area contributed by atoms with Gasteiger partial charge in [0.05, 0.1) is 6.61 Å². The van der Waals surface area contributed by atoms with Crippen LogP contribution >= 0.6 is 11.8 Å². The zero-order valence-electron chi connectivity index (χ0n) is 11.4. The predicted molar refractivity (Wildman–Crippen MR) is 76.8 cm³/mol. The van der Waals surface area contributed by atoms with Gasteiger partial charge in [-0.05, 0) is 24.6 Å². The maximum Gasteiger partial charge on any atom is 0.327 e. The Morgan fingerprint density at radius 1 is 1.40 bits per heavy atom. The van der Waals surface area contributed by atoms with Crippen LogP contribution in [0, 0.1) is 0 Å². The van der Waals surface area contributed by atoms with E-state index in [4.69, 9.17) is 4.74 Å². The SMILES string of the molecule is CCOc1ccc(C2SCC(C(=O)O)N2C(C)=O)cc1. The molecule has 0 bridgehead atoms. The Morgan fingerprint density at radius 2 is 2.05 bits per heavy atom. The standard InChI is InChI=1S/C14H17NO4S/c1-3-19-11-6-4-10(5-7-11)13-15(9(2)16)12(8-20-13)14(17)18/h4-7,12-13H,3,8H2,1-2H3,(H,17,18). The highest BCUT2D eigenvalue weighted by Gasteiger charge is 2.40. The number of ether oxygens (including phenoxy) is 1. The molecule has 0 spiro atoms. The number of benzene rings is 1. The highest BCUT2D eigenvalue weighted by Crippen LogP contribution is 2.41. The summed E-state index contributed by atoms with van der Waals surface area (Å²) in [5.74, 6) is -0.00176. The normalized spacial score (nSPS) is 21.8. The number of rotatable bonds is 4. The van der Waals surface area contributed by atoms with Crippen LogP contribution in [0.5, 0.6) is 5.75 Å². The second kappa shape index (κ2) is 6.17. The molecule has 5 nitrogen and oxygen atoms in total. The van der Waals surface area contributed by atoms with Crippen LogP contribution in [0.2, 0.25) is 0 Å². The molecule has 0 aliphatic carbocycles. The number of carboxylic acid groups (broad SMARTS) is 1. The van der Waals surface area contributed by atoms with Gasteiger partial charge in [0.25, 0.3) is 0 Å². The third-order valence-corrected chi connectivity index (χ3v) is 4.45. The molecule has 108 valence electrons. The van der Waals surface area contributed by atoms with Crippen molar-refractivity contribution in [2.75, 3.05) is 12.4 Å². The van der Waals surface area contributed by atoms with E-state index >= 15 is 0 Å². The molecular weight excluding hydrogens is 278 g/mol. The minimum absolute atomic E-state index is 0.221. The number of carbonyl (C=O) groups is 2. The lowest BCUT2D eigenvalue weighted by molar-refractivity contribution is -0.148. The monoisotopic (exact) mass is 295 g/mol. The van der Waals surface area contributed by atoms with E-state index in [1.165, 1.54) is 23.6 Å². The van der Waals surface area contributed by atoms with Crippen molar-refractivity contribution in [3.8, 4) is 5.75 Å². The molecule has 0 radical (unpaired) electrons. The lowest BCUT2D eigenvalue weighted by Crippen LogP contribution is -2.41. The summed E-state index contributed by atoms with van der Waals surface area (Å²) < 4.78 is 5.38. The fourth-order valence-corrected chi connectivity index (χ4v) is 3.71. The Hall–Kier alpha value is -1.69. The van der Waals surface area contributed by atoms with Gasteiger partial charge in [0.2, 0.25) is 5.91 Å². The zero-order valence-corrected chi connectivity index (χ0v) is 12.2. The van der Waals surface area contributed by atoms with Crippen LogP contribution in [0.4, 0.5) is 0 Å². The van der Waals surface area contributed by atoms with Crippen molar-refractivity contribution in [2.24, 2.45) is 0 Å². The van der Waals surface area contributed by atoms with Gasteiger partial charge in [-0.3, -0.25) is 4.79 Å². The number of nitrogens with zero attached hydrogens (tertiary/aromatic N) is 1. The Kier molecular flexibility index (Phi) is 4.54. The van der Waals surface area contributed by atoms with Crippen LogP contribution in [0.1, 0.15) is 24.8 Å². The lowest BCUT2D eigenvalue weighted by atomic mass is 10.1. The van der Waals surface area contributed by atoms with Gasteiger partial charge >= 0.3 is 5.97 Å². The van der Waals surface area contributed by atoms with Gasteiger partial charge in [0.15, 0.2) is 0 Å². The van der Waals surface area contributed by atoms with E-state index in [1.807, 2.05) is 31.2 Å². The van der Waals surface area contributed by atoms with Gasteiger partial charge in [-0.15, -0.1) is 11.8 Å². The fourth-order valence-electron chi connectivity index (χ4n) is 2.23. The molecule has 1 N–H and O–H groups in total. The van der Waals surface area contributed by atoms with E-state index in [0.717, 1.165) is 11.3 Å². The molecule has 1 aliphatic heterocycles. The highest BCUT2D eigenvalue weighted by atomic mass is 32.2. The number of amides is 1. The largest absolute Gasteiger partial charge is 0.494 e. The Balaban J connectivity index is 2.22. The van der Waals surface area contributed by atoms with Crippen LogP contribution in [0.3, 0.4) is 0 Å². The number of aliphatic carboxylic acids is 1. The molecule has 1 aromatic carbocycles. The van der Waals surface area contributed by atoms with Crippen molar-refractivity contribution in [1.82, 2.24) is 4.90 Å². The molecule has 20 heavy (non-hydrogen) atoms. The van der Waals surface area contributed by atoms with Gasteiger partial charge in [0.1, 0.15) is 17.2 Å². The summed E-state index contributed by atoms with van der Waals surface area (Å²) in [6.07, 6.45) is 0. The summed E-state index contributed by atoms with van der Waals surface area (Å²) in [5.41, 5.74) is 0.914. The molecule has 1 amide bonds. The third-order valence-electron chi connectivity index (χ3n) is 3.13. The number of hydrogen-bond acceptors (Lipinski definition) is 4. The first kappa shape index (κ1) is 14.7. The summed E-state index contributed by atoms with van der Waals surface area (Å²) in [6.45, 7) is 3.91. The van der Waals surface area contributed by atoms with Crippen LogP contribution in [-0.4, -0.2) is 40.3 Å². The summed E-state index contributed by atoms with van der Waals surface area (Å²) >= 11 is 1.47. The van der Waals surface area contributed by atoms with Gasteiger partial charge < -0.3 is 14.7 Å². The molecule has 0 saturated carbocycles. The third kappa shape index (κ3) is 2.90. The molecular formula is C14H17NO4S. The molecule has 1 saturated heterocycles. The van der Waals surface area contributed by atoms with Crippen LogP contribution in [0.25, 0.3) is 0 Å². The van der Waals surface area contributed by atoms with Gasteiger partial charge in [-0.2, -0.15) is 0 Å². The molecule has 1 fully saturated rings. The van der Waals surface area contributed by atoms with E-state index in [1.54, 1.807) is 0 Å². The van der Waals surface area contributed by atoms with Gasteiger partial charge in [-0.25, -0.2) is 4.79 Å². The van der Waals surface area contributed by atoms with E-state index in [2.05, 4.69) is 0 Å². The highest BCUT2D eigenvalue weighted by molar-refractivity contribution is 7.99. The average molecular weight is 295 g/mol. The van der Waals surface area contributed by atoms with Crippen LogP contribution < -0.4 is 4.74 Å². The molecule has 1 heterocycles. The summed E-state index contributed by atoms with van der Waals surface area (Å²) in [5, 5.41) is 8.94. The molecule has 2 rings (SSSR count). The molecule has 2 unspecified atom stereocenters. The van der Waals surface area contributed by atoms with Crippen LogP contribution in [0.15, 0.2) is 24.3 Å². The minimum atomic E-state index is -0.957. The predicted octanol–water partition coefficient (Wildman–Crippen LogP) is 2.13. The first-order valence-electron chi connectivity index (χ1n) is 6.40. The van der Waals surface area contributed by atoms with E-state index in [-0.39, 0.29) is 11.3 Å². The lowest BCUT2D eigenvalue weighted by Gasteiger charge is -2.26. The topological polar surface area (TPSA) is 66.8 Å². The Labute approximate surface area is 121 Å². The van der Waals surface area contributed by atoms with Gasteiger partial charge in [0, 0.05) is 12.7 Å². The minimum Gasteiger partial charge on any atom is -0.494 e. The molecule has 1 aliphatic rings. The van der Waals surface area contributed by atoms with Gasteiger partial charge in [-0.1, -0.05) is 12.1 Å². The fraction of sp³-hybridized carbons (Fsp3) is 0.429. The van der Waals surface area contributed by atoms with Crippen molar-refractivity contribution in [3.63, 3.8) is 0 Å². The Morgan fingerprint density at radius 3 is 2.55 bits per heavy atom. The molecule has 2 atom stereocenters. The maximum atomic E-state index is 11.7. The summed E-state index contributed by atoms with van der Waals surface area (Å²) in [6, 6.07) is 6.68. The van der Waals surface area contributed by atoms with Crippen molar-refractivity contribution < 1.29 is 19.4 Å². The van der Waals surface area contributed by atoms with Crippen molar-refractivity contribution >= 4 is 23.6 Å². The quantitative estimate of drug-likeness (QED) is 0.921. The van der Waals surface area contributed by atoms with Crippen molar-refractivity contribution in [2.45, 2.75) is 25.3 Å².